The van der Waals surface area contributed by atoms with Crippen LogP contribution in [-0.2, 0) is 20.8 Å². The highest BCUT2D eigenvalue weighted by molar-refractivity contribution is 7.17. The van der Waals surface area contributed by atoms with E-state index in [0.29, 0.717) is 36.9 Å². The number of rotatable bonds is 6. The standard InChI is InChI=1S/C21H22N4O4S/c1-28-21(27)19-8-7-18(30-19)17-9-10-23(22-17)15-20(26)25(16-5-3-2-4-6-16)24-11-13-29-14-12-24/h2-10H,11-15H2,1H3. The maximum atomic E-state index is 13.2. The summed E-state index contributed by atoms with van der Waals surface area (Å²) in [4.78, 5) is 26.2. The molecular weight excluding hydrogens is 404 g/mol. The van der Waals surface area contributed by atoms with Crippen molar-refractivity contribution in [1.82, 2.24) is 14.8 Å². The van der Waals surface area contributed by atoms with Gasteiger partial charge in [-0.1, -0.05) is 18.2 Å². The first-order valence-electron chi connectivity index (χ1n) is 9.58. The van der Waals surface area contributed by atoms with E-state index in [1.165, 1.54) is 18.4 Å². The number of esters is 1. The summed E-state index contributed by atoms with van der Waals surface area (Å²) in [6.45, 7) is 2.57. The maximum Gasteiger partial charge on any atom is 0.348 e. The first kappa shape index (κ1) is 20.3. The lowest BCUT2D eigenvalue weighted by atomic mass is 10.3. The summed E-state index contributed by atoms with van der Waals surface area (Å²) in [5, 5.41) is 8.24. The minimum Gasteiger partial charge on any atom is -0.465 e. The number of nitrogens with zero attached hydrogens (tertiary/aromatic N) is 4. The van der Waals surface area contributed by atoms with Crippen LogP contribution >= 0.6 is 11.3 Å². The molecule has 1 saturated heterocycles. The summed E-state index contributed by atoms with van der Waals surface area (Å²) in [6.07, 6.45) is 1.77. The number of hydrogen-bond acceptors (Lipinski definition) is 7. The number of hydrogen-bond donors (Lipinski definition) is 0. The SMILES string of the molecule is COC(=O)c1ccc(-c2ccn(CC(=O)N(c3ccccc3)N3CCOCC3)n2)s1. The van der Waals surface area contributed by atoms with Crippen LogP contribution in [0.1, 0.15) is 9.67 Å². The van der Waals surface area contributed by atoms with E-state index in [1.807, 2.05) is 47.5 Å². The highest BCUT2D eigenvalue weighted by atomic mass is 32.1. The van der Waals surface area contributed by atoms with E-state index in [-0.39, 0.29) is 18.4 Å². The molecule has 3 heterocycles. The lowest BCUT2D eigenvalue weighted by Gasteiger charge is -2.37. The van der Waals surface area contributed by atoms with E-state index in [9.17, 15) is 9.59 Å². The third-order valence-electron chi connectivity index (χ3n) is 4.69. The van der Waals surface area contributed by atoms with Crippen LogP contribution in [0.2, 0.25) is 0 Å². The minimum atomic E-state index is -0.370. The van der Waals surface area contributed by atoms with Crippen molar-refractivity contribution in [1.29, 1.82) is 0 Å². The van der Waals surface area contributed by atoms with Crippen molar-refractivity contribution >= 4 is 28.9 Å². The van der Waals surface area contributed by atoms with Gasteiger partial charge in [-0.2, -0.15) is 5.10 Å². The number of amides is 1. The van der Waals surface area contributed by atoms with Crippen LogP contribution in [0.25, 0.3) is 10.6 Å². The Morgan fingerprint density at radius 2 is 1.90 bits per heavy atom. The van der Waals surface area contributed by atoms with Gasteiger partial charge in [0, 0.05) is 19.3 Å². The molecular formula is C21H22N4O4S. The van der Waals surface area contributed by atoms with Gasteiger partial charge < -0.3 is 9.47 Å². The first-order valence-corrected chi connectivity index (χ1v) is 10.4. The predicted molar refractivity (Wildman–Crippen MR) is 113 cm³/mol. The number of thiophene rings is 1. The van der Waals surface area contributed by atoms with Crippen LogP contribution in [0.5, 0.6) is 0 Å². The number of carbonyl (C=O) groups excluding carboxylic acids is 2. The predicted octanol–water partition coefficient (Wildman–Crippen LogP) is 2.68. The van der Waals surface area contributed by atoms with Gasteiger partial charge in [-0.25, -0.2) is 14.8 Å². The maximum absolute atomic E-state index is 13.2. The minimum absolute atomic E-state index is 0.0841. The van der Waals surface area contributed by atoms with Crippen LogP contribution in [0.4, 0.5) is 5.69 Å². The number of methoxy groups -OCH3 is 1. The van der Waals surface area contributed by atoms with Gasteiger partial charge in [0.05, 0.1) is 30.9 Å². The molecule has 1 aliphatic rings. The van der Waals surface area contributed by atoms with Gasteiger partial charge >= 0.3 is 5.97 Å². The number of aromatic nitrogens is 2. The highest BCUT2D eigenvalue weighted by Crippen LogP contribution is 2.27. The number of morpholine rings is 1. The van der Waals surface area contributed by atoms with Crippen molar-refractivity contribution in [2.24, 2.45) is 0 Å². The average Bonchev–Trinajstić information content (AvgIpc) is 3.45. The van der Waals surface area contributed by atoms with E-state index in [0.717, 1.165) is 10.6 Å². The van der Waals surface area contributed by atoms with Gasteiger partial charge in [-0.05, 0) is 30.3 Å². The molecule has 9 heteroatoms. The Morgan fingerprint density at radius 1 is 1.13 bits per heavy atom. The Kier molecular flexibility index (Phi) is 6.22. The molecule has 1 fully saturated rings. The molecule has 1 aromatic carbocycles. The normalized spacial score (nSPS) is 14.4. The largest absolute Gasteiger partial charge is 0.465 e. The van der Waals surface area contributed by atoms with Crippen LogP contribution in [0.3, 0.4) is 0 Å². The number of anilines is 1. The average molecular weight is 426 g/mol. The summed E-state index contributed by atoms with van der Waals surface area (Å²) >= 11 is 1.31. The Balaban J connectivity index is 1.51. The molecule has 4 rings (SSSR count). The summed E-state index contributed by atoms with van der Waals surface area (Å²) in [5.41, 5.74) is 1.53. The molecule has 156 valence electrons. The number of para-hydroxylation sites is 1. The molecule has 0 unspecified atom stereocenters. The van der Waals surface area contributed by atoms with E-state index in [1.54, 1.807) is 22.0 Å². The van der Waals surface area contributed by atoms with Crippen molar-refractivity contribution in [2.75, 3.05) is 38.4 Å². The third-order valence-corrected chi connectivity index (χ3v) is 5.78. The Morgan fingerprint density at radius 3 is 2.63 bits per heavy atom. The van der Waals surface area contributed by atoms with Gasteiger partial charge in [-0.15, -0.1) is 11.3 Å². The highest BCUT2D eigenvalue weighted by Gasteiger charge is 2.25. The molecule has 3 aromatic rings. The molecule has 1 aliphatic heterocycles. The number of benzene rings is 1. The van der Waals surface area contributed by atoms with E-state index < -0.39 is 0 Å². The van der Waals surface area contributed by atoms with Gasteiger partial charge in [-0.3, -0.25) is 9.48 Å². The van der Waals surface area contributed by atoms with E-state index in [2.05, 4.69) is 5.10 Å². The van der Waals surface area contributed by atoms with Crippen LogP contribution in [-0.4, -0.2) is 60.1 Å². The number of ether oxygens (including phenoxy) is 2. The zero-order chi connectivity index (χ0) is 20.9. The van der Waals surface area contributed by atoms with Crippen molar-refractivity contribution in [3.05, 3.63) is 59.6 Å². The summed E-state index contributed by atoms with van der Waals surface area (Å²) in [6, 6.07) is 15.0. The summed E-state index contributed by atoms with van der Waals surface area (Å²) < 4.78 is 11.8. The molecule has 0 bridgehead atoms. The molecule has 0 aliphatic carbocycles. The Labute approximate surface area is 178 Å². The van der Waals surface area contributed by atoms with Gasteiger partial charge in [0.2, 0.25) is 0 Å². The summed E-state index contributed by atoms with van der Waals surface area (Å²) in [7, 11) is 1.36. The van der Waals surface area contributed by atoms with Gasteiger partial charge in [0.15, 0.2) is 0 Å². The smallest absolute Gasteiger partial charge is 0.348 e. The lowest BCUT2D eigenvalue weighted by Crippen LogP contribution is -2.52. The molecule has 0 N–H and O–H groups in total. The van der Waals surface area contributed by atoms with Crippen LogP contribution < -0.4 is 5.01 Å². The molecule has 1 amide bonds. The molecule has 0 saturated carbocycles. The molecule has 0 spiro atoms. The zero-order valence-electron chi connectivity index (χ0n) is 16.6. The second-order valence-electron chi connectivity index (χ2n) is 6.66. The van der Waals surface area contributed by atoms with Crippen molar-refractivity contribution in [2.45, 2.75) is 6.54 Å². The molecule has 0 radical (unpaired) electrons. The fraction of sp³-hybridized carbons (Fsp3) is 0.286. The fourth-order valence-electron chi connectivity index (χ4n) is 3.26. The Hall–Kier alpha value is -3.01. The lowest BCUT2D eigenvalue weighted by molar-refractivity contribution is -0.123. The number of carbonyl (C=O) groups is 2. The quantitative estimate of drug-likeness (QED) is 0.564. The van der Waals surface area contributed by atoms with E-state index in [4.69, 9.17) is 9.47 Å². The monoisotopic (exact) mass is 426 g/mol. The van der Waals surface area contributed by atoms with Crippen molar-refractivity contribution in [3.63, 3.8) is 0 Å². The van der Waals surface area contributed by atoms with Gasteiger partial charge in [0.1, 0.15) is 17.1 Å². The second-order valence-corrected chi connectivity index (χ2v) is 7.74. The summed E-state index contributed by atoms with van der Waals surface area (Å²) in [5.74, 6) is -0.455. The second kappa shape index (κ2) is 9.21. The first-order chi connectivity index (χ1) is 14.7. The topological polar surface area (TPSA) is 76.9 Å². The molecule has 30 heavy (non-hydrogen) atoms. The molecule has 2 aromatic heterocycles. The van der Waals surface area contributed by atoms with Crippen molar-refractivity contribution in [3.8, 4) is 10.6 Å². The third kappa shape index (κ3) is 4.43. The fourth-order valence-corrected chi connectivity index (χ4v) is 4.15. The van der Waals surface area contributed by atoms with Crippen LogP contribution in [0.15, 0.2) is 54.7 Å². The Bertz CT molecular complexity index is 1010. The van der Waals surface area contributed by atoms with Gasteiger partial charge in [0.25, 0.3) is 5.91 Å². The number of hydrazine groups is 1. The molecule has 8 nitrogen and oxygen atoms in total. The molecule has 0 atom stereocenters. The van der Waals surface area contributed by atoms with Crippen molar-refractivity contribution < 1.29 is 19.1 Å². The zero-order valence-corrected chi connectivity index (χ0v) is 17.4. The van der Waals surface area contributed by atoms with E-state index >= 15 is 0 Å². The van der Waals surface area contributed by atoms with Crippen LogP contribution in [0, 0.1) is 0 Å².